The fourth-order valence-corrected chi connectivity index (χ4v) is 3.27. The zero-order valence-electron chi connectivity index (χ0n) is 12.7. The van der Waals surface area contributed by atoms with E-state index < -0.39 is 10.2 Å². The highest BCUT2D eigenvalue weighted by Crippen LogP contribution is 2.18. The van der Waals surface area contributed by atoms with Crippen molar-refractivity contribution >= 4 is 10.2 Å². The number of aromatic nitrogens is 2. The summed E-state index contributed by atoms with van der Waals surface area (Å²) in [5.74, 6) is 0.643. The number of H-pyrrole nitrogens is 1. The fraction of sp³-hybridized carbons (Fsp3) is 0.769. The van der Waals surface area contributed by atoms with E-state index in [1.54, 1.807) is 19.4 Å². The average molecular weight is 315 g/mol. The van der Waals surface area contributed by atoms with Gasteiger partial charge in [0.2, 0.25) is 0 Å². The molecule has 0 spiro atoms. The zero-order chi connectivity index (χ0) is 15.3. The molecule has 2 rings (SSSR count). The van der Waals surface area contributed by atoms with Gasteiger partial charge in [-0.1, -0.05) is 6.92 Å². The first kappa shape index (κ1) is 16.4. The molecule has 120 valence electrons. The first-order chi connectivity index (χ1) is 10.0. The Hall–Kier alpha value is -0.960. The van der Waals surface area contributed by atoms with Crippen LogP contribution in [-0.4, -0.2) is 48.9 Å². The van der Waals surface area contributed by atoms with Crippen molar-refractivity contribution in [2.75, 3.05) is 20.1 Å². The molecule has 1 aromatic heterocycles. The summed E-state index contributed by atoms with van der Waals surface area (Å²) in [5, 5.41) is 3.38. The van der Waals surface area contributed by atoms with Crippen molar-refractivity contribution in [3.05, 3.63) is 18.2 Å². The molecule has 7 nitrogen and oxygen atoms in total. The highest BCUT2D eigenvalue weighted by molar-refractivity contribution is 7.87. The molecule has 0 amide bonds. The van der Waals surface area contributed by atoms with Crippen molar-refractivity contribution in [2.45, 2.75) is 44.7 Å². The lowest BCUT2D eigenvalue weighted by Crippen LogP contribution is -2.41. The number of rotatable bonds is 10. The molecular weight excluding hydrogens is 290 g/mol. The van der Waals surface area contributed by atoms with Crippen molar-refractivity contribution < 1.29 is 8.42 Å². The number of aromatic amines is 1. The Kier molecular flexibility index (Phi) is 5.74. The van der Waals surface area contributed by atoms with E-state index in [4.69, 9.17) is 0 Å². The molecule has 1 aliphatic rings. The van der Waals surface area contributed by atoms with Crippen LogP contribution in [-0.2, 0) is 10.2 Å². The van der Waals surface area contributed by atoms with Gasteiger partial charge < -0.3 is 10.3 Å². The van der Waals surface area contributed by atoms with E-state index in [0.717, 1.165) is 13.0 Å². The average Bonchev–Trinajstić information content (AvgIpc) is 3.12. The Bertz CT molecular complexity index is 513. The largest absolute Gasteiger partial charge is 0.347 e. The molecule has 1 heterocycles. The monoisotopic (exact) mass is 315 g/mol. The number of nitrogens with zero attached hydrogens (tertiary/aromatic N) is 2. The summed E-state index contributed by atoms with van der Waals surface area (Å²) in [6, 6.07) is 0.338. The summed E-state index contributed by atoms with van der Waals surface area (Å²) in [6.07, 6.45) is 7.27. The van der Waals surface area contributed by atoms with Gasteiger partial charge in [-0.05, 0) is 32.2 Å². The minimum absolute atomic E-state index is 0.322. The highest BCUT2D eigenvalue weighted by Gasteiger charge is 2.24. The lowest BCUT2D eigenvalue weighted by atomic mass is 10.2. The number of hydrogen-bond donors (Lipinski definition) is 3. The maximum absolute atomic E-state index is 12.3. The van der Waals surface area contributed by atoms with Crippen LogP contribution in [0.15, 0.2) is 12.4 Å². The summed E-state index contributed by atoms with van der Waals surface area (Å²) in [4.78, 5) is 7.08. The normalized spacial score (nSPS) is 17.3. The Labute approximate surface area is 126 Å². The third-order valence-electron chi connectivity index (χ3n) is 3.62. The molecule has 0 aliphatic heterocycles. The van der Waals surface area contributed by atoms with Gasteiger partial charge in [0.15, 0.2) is 0 Å². The van der Waals surface area contributed by atoms with Crippen molar-refractivity contribution in [1.82, 2.24) is 24.3 Å². The van der Waals surface area contributed by atoms with E-state index in [0.29, 0.717) is 24.8 Å². The SMILES string of the molecule is CCC(NS(=O)(=O)N(C)CCCNC1CC1)c1ncc[nH]1. The number of imidazole rings is 1. The van der Waals surface area contributed by atoms with Gasteiger partial charge in [0.1, 0.15) is 5.82 Å². The van der Waals surface area contributed by atoms with E-state index >= 15 is 0 Å². The Morgan fingerprint density at radius 1 is 1.52 bits per heavy atom. The van der Waals surface area contributed by atoms with E-state index in [1.807, 2.05) is 6.92 Å². The van der Waals surface area contributed by atoms with Gasteiger partial charge in [0, 0.05) is 32.0 Å². The Balaban J connectivity index is 1.80. The fourth-order valence-electron chi connectivity index (χ4n) is 2.09. The molecule has 0 aromatic carbocycles. The quantitative estimate of drug-likeness (QED) is 0.556. The molecule has 1 saturated carbocycles. The maximum Gasteiger partial charge on any atom is 0.279 e. The predicted octanol–water partition coefficient (Wildman–Crippen LogP) is 0.769. The molecule has 1 fully saturated rings. The van der Waals surface area contributed by atoms with Gasteiger partial charge in [-0.25, -0.2) is 4.98 Å². The van der Waals surface area contributed by atoms with E-state index in [-0.39, 0.29) is 6.04 Å². The maximum atomic E-state index is 12.3. The molecular formula is C13H25N5O2S. The second kappa shape index (κ2) is 7.35. The second-order valence-corrected chi connectivity index (χ2v) is 7.27. The molecule has 8 heteroatoms. The standard InChI is InChI=1S/C13H25N5O2S/c1-3-12(13-15-8-9-16-13)17-21(19,20)18(2)10-4-7-14-11-5-6-11/h8-9,11-12,14,17H,3-7,10H2,1-2H3,(H,15,16). The Morgan fingerprint density at radius 2 is 2.29 bits per heavy atom. The first-order valence-corrected chi connectivity index (χ1v) is 8.93. The van der Waals surface area contributed by atoms with Crippen LogP contribution < -0.4 is 10.0 Å². The van der Waals surface area contributed by atoms with Crippen LogP contribution in [0.3, 0.4) is 0 Å². The van der Waals surface area contributed by atoms with E-state index in [1.165, 1.54) is 17.1 Å². The van der Waals surface area contributed by atoms with Gasteiger partial charge in [-0.2, -0.15) is 17.4 Å². The number of hydrogen-bond acceptors (Lipinski definition) is 4. The predicted molar refractivity (Wildman–Crippen MR) is 81.9 cm³/mol. The summed E-state index contributed by atoms with van der Waals surface area (Å²) >= 11 is 0. The van der Waals surface area contributed by atoms with Crippen molar-refractivity contribution in [3.63, 3.8) is 0 Å². The summed E-state index contributed by atoms with van der Waals surface area (Å²) in [6.45, 7) is 3.29. The lowest BCUT2D eigenvalue weighted by Gasteiger charge is -2.21. The van der Waals surface area contributed by atoms with Crippen molar-refractivity contribution in [2.24, 2.45) is 0 Å². The molecule has 3 N–H and O–H groups in total. The molecule has 21 heavy (non-hydrogen) atoms. The Morgan fingerprint density at radius 3 is 2.86 bits per heavy atom. The van der Waals surface area contributed by atoms with Crippen LogP contribution in [0.2, 0.25) is 0 Å². The van der Waals surface area contributed by atoms with Gasteiger partial charge >= 0.3 is 0 Å². The molecule has 1 aliphatic carbocycles. The molecule has 0 radical (unpaired) electrons. The van der Waals surface area contributed by atoms with E-state index in [9.17, 15) is 8.42 Å². The topological polar surface area (TPSA) is 90.1 Å². The molecule has 0 bridgehead atoms. The van der Waals surface area contributed by atoms with Gasteiger partial charge in [0.25, 0.3) is 10.2 Å². The van der Waals surface area contributed by atoms with Gasteiger partial charge in [-0.15, -0.1) is 0 Å². The van der Waals surface area contributed by atoms with Crippen LogP contribution in [0, 0.1) is 0 Å². The highest BCUT2D eigenvalue weighted by atomic mass is 32.2. The van der Waals surface area contributed by atoms with Crippen molar-refractivity contribution in [3.8, 4) is 0 Å². The van der Waals surface area contributed by atoms with Crippen molar-refractivity contribution in [1.29, 1.82) is 0 Å². The van der Waals surface area contributed by atoms with Crippen LogP contribution >= 0.6 is 0 Å². The third-order valence-corrected chi connectivity index (χ3v) is 5.20. The summed E-state index contributed by atoms with van der Waals surface area (Å²) < 4.78 is 28.6. The zero-order valence-corrected chi connectivity index (χ0v) is 13.5. The van der Waals surface area contributed by atoms with Crippen LogP contribution in [0.4, 0.5) is 0 Å². The third kappa shape index (κ3) is 5.06. The molecule has 1 unspecified atom stereocenters. The summed E-state index contributed by atoms with van der Waals surface area (Å²) in [5.41, 5.74) is 0. The van der Waals surface area contributed by atoms with Crippen LogP contribution in [0.5, 0.6) is 0 Å². The van der Waals surface area contributed by atoms with Crippen LogP contribution in [0.1, 0.15) is 44.5 Å². The minimum atomic E-state index is -3.49. The first-order valence-electron chi connectivity index (χ1n) is 7.49. The van der Waals surface area contributed by atoms with Gasteiger partial charge in [-0.3, -0.25) is 0 Å². The number of nitrogens with one attached hydrogen (secondary N) is 3. The molecule has 1 atom stereocenters. The van der Waals surface area contributed by atoms with E-state index in [2.05, 4.69) is 20.0 Å². The molecule has 1 aromatic rings. The minimum Gasteiger partial charge on any atom is -0.347 e. The van der Waals surface area contributed by atoms with Gasteiger partial charge in [0.05, 0.1) is 6.04 Å². The smallest absolute Gasteiger partial charge is 0.279 e. The summed E-state index contributed by atoms with van der Waals surface area (Å²) in [7, 11) is -1.88. The van der Waals surface area contributed by atoms with Crippen LogP contribution in [0.25, 0.3) is 0 Å². The lowest BCUT2D eigenvalue weighted by molar-refractivity contribution is 0.431. The second-order valence-electron chi connectivity index (χ2n) is 5.46. The molecule has 0 saturated heterocycles.